The van der Waals surface area contributed by atoms with Gasteiger partial charge in [0.05, 0.1) is 26.4 Å². The summed E-state index contributed by atoms with van der Waals surface area (Å²) in [6.07, 6.45) is 0. The lowest BCUT2D eigenvalue weighted by Crippen LogP contribution is -2.22. The number of aromatic nitrogens is 3. The lowest BCUT2D eigenvalue weighted by molar-refractivity contribution is -0.119. The molecule has 0 saturated heterocycles. The number of carbonyl (C=O) groups is 2. The number of esters is 1. The second kappa shape index (κ2) is 8.82. The van der Waals surface area contributed by atoms with Crippen molar-refractivity contribution in [3.63, 3.8) is 0 Å². The second-order valence-corrected chi connectivity index (χ2v) is 7.26. The van der Waals surface area contributed by atoms with Crippen LogP contribution in [0.1, 0.15) is 21.9 Å². The number of carbonyl (C=O) groups excluding carboxylic acids is 2. The Labute approximate surface area is 181 Å². The van der Waals surface area contributed by atoms with E-state index >= 15 is 0 Å². The molecule has 3 aromatic rings. The zero-order chi connectivity index (χ0) is 21.1. The van der Waals surface area contributed by atoms with Gasteiger partial charge in [0.2, 0.25) is 0 Å². The lowest BCUT2D eigenvalue weighted by Gasteiger charge is -2.10. The fourth-order valence-corrected chi connectivity index (χ4v) is 3.07. The molecule has 2 aromatic heterocycles. The fourth-order valence-electron chi connectivity index (χ4n) is 2.54. The van der Waals surface area contributed by atoms with Crippen molar-refractivity contribution in [3.05, 3.63) is 68.5 Å². The van der Waals surface area contributed by atoms with Crippen molar-refractivity contribution in [2.75, 3.05) is 11.9 Å². The van der Waals surface area contributed by atoms with Crippen LogP contribution in [-0.4, -0.2) is 33.2 Å². The largest absolute Gasteiger partial charge is 0.451 e. The molecule has 0 aliphatic rings. The molecular weight excluding hydrogens is 439 g/mol. The number of nitrogens with one attached hydrogen (secondary N) is 1. The topological polar surface area (TPSA) is 86.1 Å². The van der Waals surface area contributed by atoms with Gasteiger partial charge in [-0.25, -0.2) is 14.5 Å². The normalized spacial score (nSPS) is 10.7. The number of nitrogens with zero attached hydrogens (tertiary/aromatic N) is 3. The van der Waals surface area contributed by atoms with Crippen LogP contribution >= 0.6 is 34.8 Å². The molecule has 1 amide bonds. The third-order valence-electron chi connectivity index (χ3n) is 3.81. The molecular formula is C19H15Cl3N4O3. The van der Waals surface area contributed by atoms with Gasteiger partial charge >= 0.3 is 5.97 Å². The molecule has 0 spiro atoms. The van der Waals surface area contributed by atoms with Crippen LogP contribution in [-0.2, 0) is 9.53 Å². The van der Waals surface area contributed by atoms with E-state index < -0.39 is 18.5 Å². The number of benzene rings is 1. The number of amides is 1. The molecule has 1 aromatic carbocycles. The van der Waals surface area contributed by atoms with Crippen LogP contribution in [0.25, 0.3) is 5.82 Å². The van der Waals surface area contributed by atoms with E-state index in [4.69, 9.17) is 39.5 Å². The summed E-state index contributed by atoms with van der Waals surface area (Å²) < 4.78 is 6.62. The van der Waals surface area contributed by atoms with Gasteiger partial charge in [-0.2, -0.15) is 5.10 Å². The van der Waals surface area contributed by atoms with E-state index in [1.807, 2.05) is 19.9 Å². The summed E-state index contributed by atoms with van der Waals surface area (Å²) in [4.78, 5) is 28.7. The predicted octanol–water partition coefficient (Wildman–Crippen LogP) is 4.64. The van der Waals surface area contributed by atoms with Crippen molar-refractivity contribution >= 4 is 52.4 Å². The molecule has 2 heterocycles. The first-order valence-corrected chi connectivity index (χ1v) is 9.51. The molecule has 3 rings (SSSR count). The number of hydrogen-bond acceptors (Lipinski definition) is 5. The molecule has 0 bridgehead atoms. The second-order valence-electron chi connectivity index (χ2n) is 6.06. The smallest absolute Gasteiger partial charge is 0.359 e. The summed E-state index contributed by atoms with van der Waals surface area (Å²) in [5, 5.41) is 7.42. The van der Waals surface area contributed by atoms with Crippen LogP contribution in [0.4, 0.5) is 5.69 Å². The number of hydrogen-bond donors (Lipinski definition) is 1. The Kier molecular flexibility index (Phi) is 6.42. The highest BCUT2D eigenvalue weighted by Gasteiger charge is 2.18. The van der Waals surface area contributed by atoms with Gasteiger partial charge < -0.3 is 10.1 Å². The molecule has 0 unspecified atom stereocenters. The average molecular weight is 454 g/mol. The van der Waals surface area contributed by atoms with Crippen LogP contribution in [0.2, 0.25) is 15.1 Å². The number of anilines is 1. The van der Waals surface area contributed by atoms with Crippen LogP contribution in [0.3, 0.4) is 0 Å². The van der Waals surface area contributed by atoms with Crippen molar-refractivity contribution in [1.29, 1.82) is 0 Å². The van der Waals surface area contributed by atoms with E-state index in [1.54, 1.807) is 28.9 Å². The molecule has 10 heteroatoms. The maximum Gasteiger partial charge on any atom is 0.359 e. The summed E-state index contributed by atoms with van der Waals surface area (Å²) in [6.45, 7) is 3.16. The maximum absolute atomic E-state index is 12.4. The van der Waals surface area contributed by atoms with E-state index in [0.29, 0.717) is 16.5 Å². The predicted molar refractivity (Wildman–Crippen MR) is 111 cm³/mol. The zero-order valence-corrected chi connectivity index (χ0v) is 17.6. The third kappa shape index (κ3) is 4.87. The molecule has 150 valence electrons. The minimum absolute atomic E-state index is 0.0959. The molecule has 1 N–H and O–H groups in total. The average Bonchev–Trinajstić information content (AvgIpc) is 3.02. The van der Waals surface area contributed by atoms with Gasteiger partial charge in [0, 0.05) is 5.69 Å². The Hall–Kier alpha value is -2.61. The quantitative estimate of drug-likeness (QED) is 0.569. The van der Waals surface area contributed by atoms with Gasteiger partial charge in [0.25, 0.3) is 5.91 Å². The summed E-state index contributed by atoms with van der Waals surface area (Å²) in [5.74, 6) is -1.03. The SMILES string of the molecule is Cc1cc(C)n(-c2ccc(Cl)c(C(=O)OCC(=O)Nc3cccc(Cl)c3Cl)n2)n1. The van der Waals surface area contributed by atoms with Crippen LogP contribution < -0.4 is 5.32 Å². The van der Waals surface area contributed by atoms with E-state index in [9.17, 15) is 9.59 Å². The minimum atomic E-state index is -0.842. The fraction of sp³-hybridized carbons (Fsp3) is 0.158. The number of ether oxygens (including phenoxy) is 1. The van der Waals surface area contributed by atoms with Gasteiger partial charge in [-0.1, -0.05) is 40.9 Å². The molecule has 0 aliphatic carbocycles. The zero-order valence-electron chi connectivity index (χ0n) is 15.4. The Bertz CT molecular complexity index is 1100. The molecule has 0 fully saturated rings. The van der Waals surface area contributed by atoms with Crippen molar-refractivity contribution in [1.82, 2.24) is 14.8 Å². The highest BCUT2D eigenvalue weighted by Crippen LogP contribution is 2.29. The van der Waals surface area contributed by atoms with Crippen molar-refractivity contribution in [2.45, 2.75) is 13.8 Å². The van der Waals surface area contributed by atoms with Crippen LogP contribution in [0.5, 0.6) is 0 Å². The molecule has 0 radical (unpaired) electrons. The van der Waals surface area contributed by atoms with Gasteiger partial charge in [0.15, 0.2) is 18.1 Å². The first kappa shape index (κ1) is 21.1. The standard InChI is InChI=1S/C19H15Cl3N4O3/c1-10-8-11(2)26(25-10)15-7-6-13(21)18(24-15)19(28)29-9-16(27)23-14-5-3-4-12(20)17(14)22/h3-8H,9H2,1-2H3,(H,23,27). The van der Waals surface area contributed by atoms with Crippen LogP contribution in [0.15, 0.2) is 36.4 Å². The van der Waals surface area contributed by atoms with E-state index in [0.717, 1.165) is 11.4 Å². The highest BCUT2D eigenvalue weighted by atomic mass is 35.5. The first-order valence-electron chi connectivity index (χ1n) is 8.37. The summed E-state index contributed by atoms with van der Waals surface area (Å²) in [5.41, 5.74) is 1.84. The molecule has 7 nitrogen and oxygen atoms in total. The summed E-state index contributed by atoms with van der Waals surface area (Å²) in [7, 11) is 0. The Morgan fingerprint density at radius 3 is 2.55 bits per heavy atom. The lowest BCUT2D eigenvalue weighted by atomic mass is 10.3. The van der Waals surface area contributed by atoms with Crippen molar-refractivity contribution in [3.8, 4) is 5.82 Å². The number of pyridine rings is 1. The van der Waals surface area contributed by atoms with Crippen LogP contribution in [0, 0.1) is 13.8 Å². The van der Waals surface area contributed by atoms with E-state index in [2.05, 4.69) is 15.4 Å². The number of rotatable bonds is 5. The van der Waals surface area contributed by atoms with Gasteiger partial charge in [-0.3, -0.25) is 4.79 Å². The minimum Gasteiger partial charge on any atom is -0.451 e. The summed E-state index contributed by atoms with van der Waals surface area (Å²) >= 11 is 18.0. The Balaban J connectivity index is 1.70. The van der Waals surface area contributed by atoms with E-state index in [-0.39, 0.29) is 15.7 Å². The number of halogens is 3. The maximum atomic E-state index is 12.4. The van der Waals surface area contributed by atoms with Crippen molar-refractivity contribution < 1.29 is 14.3 Å². The molecule has 0 saturated carbocycles. The van der Waals surface area contributed by atoms with Gasteiger partial charge in [-0.05, 0) is 44.2 Å². The Morgan fingerprint density at radius 2 is 1.86 bits per heavy atom. The molecule has 29 heavy (non-hydrogen) atoms. The summed E-state index contributed by atoms with van der Waals surface area (Å²) in [6, 6.07) is 9.81. The first-order chi connectivity index (χ1) is 13.8. The third-order valence-corrected chi connectivity index (χ3v) is 4.94. The van der Waals surface area contributed by atoms with E-state index in [1.165, 1.54) is 6.07 Å². The molecule has 0 atom stereocenters. The number of aryl methyl sites for hydroxylation is 2. The Morgan fingerprint density at radius 1 is 1.10 bits per heavy atom. The van der Waals surface area contributed by atoms with Gasteiger partial charge in [-0.15, -0.1) is 0 Å². The highest BCUT2D eigenvalue weighted by molar-refractivity contribution is 6.44. The molecule has 0 aliphatic heterocycles. The monoisotopic (exact) mass is 452 g/mol. The van der Waals surface area contributed by atoms with Crippen molar-refractivity contribution in [2.24, 2.45) is 0 Å². The van der Waals surface area contributed by atoms with Gasteiger partial charge in [0.1, 0.15) is 0 Å².